The maximum absolute atomic E-state index is 13.5. The van der Waals surface area contributed by atoms with Gasteiger partial charge in [-0.25, -0.2) is 0 Å². The molecule has 0 saturated heterocycles. The van der Waals surface area contributed by atoms with Crippen LogP contribution in [0.2, 0.25) is 0 Å². The first-order valence-electron chi connectivity index (χ1n) is 5.27. The number of hydrogen-bond donors (Lipinski definition) is 1. The van der Waals surface area contributed by atoms with Crippen molar-refractivity contribution in [3.8, 4) is 0 Å². The lowest BCUT2D eigenvalue weighted by molar-refractivity contribution is -0.430. The van der Waals surface area contributed by atoms with Crippen LogP contribution in [-0.4, -0.2) is 29.3 Å². The van der Waals surface area contributed by atoms with Crippen molar-refractivity contribution in [1.82, 2.24) is 0 Å². The fraction of sp³-hybridized carbons (Fsp3) is 0.455. The van der Waals surface area contributed by atoms with E-state index < -0.39 is 35.4 Å². The Morgan fingerprint density at radius 2 is 1.00 bits per heavy atom. The summed E-state index contributed by atoms with van der Waals surface area (Å²) < 4.78 is 127. The third-order valence-corrected chi connectivity index (χ3v) is 2.81. The molecule has 1 aromatic rings. The van der Waals surface area contributed by atoms with Gasteiger partial charge in [-0.05, 0) is 5.56 Å². The van der Waals surface area contributed by atoms with Gasteiger partial charge in [-0.1, -0.05) is 30.3 Å². The van der Waals surface area contributed by atoms with E-state index in [-0.39, 0.29) is 12.1 Å². The average molecular weight is 344 g/mol. The minimum absolute atomic E-state index is 0.161. The highest BCUT2D eigenvalue weighted by Gasteiger charge is 2.85. The molecule has 22 heavy (non-hydrogen) atoms. The maximum atomic E-state index is 13.5. The molecule has 0 radical (unpaired) electrons. The molecular formula is C11H6F10O. The average Bonchev–Trinajstić information content (AvgIpc) is 2.35. The summed E-state index contributed by atoms with van der Waals surface area (Å²) in [6, 6.07) is 2.63. The molecule has 1 atom stereocenters. The Bertz CT molecular complexity index is 518. The molecular weight excluding hydrogens is 338 g/mol. The molecule has 0 aliphatic rings. The van der Waals surface area contributed by atoms with Crippen molar-refractivity contribution in [2.45, 2.75) is 29.8 Å². The number of rotatable bonds is 3. The summed E-state index contributed by atoms with van der Waals surface area (Å²) in [5.41, 5.74) is -7.59. The lowest BCUT2D eigenvalue weighted by atomic mass is 9.83. The molecule has 1 rings (SSSR count). The summed E-state index contributed by atoms with van der Waals surface area (Å²) in [5, 5.41) is 9.19. The van der Waals surface area contributed by atoms with Gasteiger partial charge in [-0.2, -0.15) is 43.9 Å². The van der Waals surface area contributed by atoms with Crippen LogP contribution in [0.1, 0.15) is 5.56 Å². The highest BCUT2D eigenvalue weighted by atomic mass is 19.4. The SMILES string of the molecule is OC(c1ccccc1)(C(F)(F)F)C(F)(F)C(F)(F)C(F)(F)F. The van der Waals surface area contributed by atoms with E-state index in [2.05, 4.69) is 0 Å². The van der Waals surface area contributed by atoms with Crippen molar-refractivity contribution < 1.29 is 49.0 Å². The maximum Gasteiger partial charge on any atom is 0.460 e. The second kappa shape index (κ2) is 5.00. The third-order valence-electron chi connectivity index (χ3n) is 2.81. The molecule has 1 aromatic carbocycles. The summed E-state index contributed by atoms with van der Waals surface area (Å²) in [4.78, 5) is 0. The summed E-state index contributed by atoms with van der Waals surface area (Å²) in [6.07, 6.45) is -13.5. The number of halogens is 10. The lowest BCUT2D eigenvalue weighted by Crippen LogP contribution is -2.67. The van der Waals surface area contributed by atoms with Gasteiger partial charge < -0.3 is 5.11 Å². The first-order valence-corrected chi connectivity index (χ1v) is 5.27. The molecule has 0 bridgehead atoms. The van der Waals surface area contributed by atoms with E-state index in [1.165, 1.54) is 0 Å². The molecule has 1 N–H and O–H groups in total. The molecule has 0 heterocycles. The molecule has 0 spiro atoms. The van der Waals surface area contributed by atoms with Crippen LogP contribution in [0.25, 0.3) is 0 Å². The zero-order valence-electron chi connectivity index (χ0n) is 10.1. The van der Waals surface area contributed by atoms with Crippen LogP contribution in [0.5, 0.6) is 0 Å². The first kappa shape index (κ1) is 18.5. The second-order valence-electron chi connectivity index (χ2n) is 4.22. The zero-order valence-corrected chi connectivity index (χ0v) is 10.1. The quantitative estimate of drug-likeness (QED) is 0.812. The van der Waals surface area contributed by atoms with Crippen molar-refractivity contribution in [3.63, 3.8) is 0 Å². The molecule has 0 fully saturated rings. The standard InChI is InChI=1S/C11H6F10O/c12-8(13,9(14,15)11(19,20)21)7(22,10(16,17)18)6-4-2-1-3-5-6/h1-5,22H. The van der Waals surface area contributed by atoms with Gasteiger partial charge in [-0.15, -0.1) is 0 Å². The molecule has 126 valence electrons. The van der Waals surface area contributed by atoms with Crippen molar-refractivity contribution in [1.29, 1.82) is 0 Å². The summed E-state index contributed by atoms with van der Waals surface area (Å²) in [6.45, 7) is 0. The van der Waals surface area contributed by atoms with Gasteiger partial charge in [-0.3, -0.25) is 0 Å². The Hall–Kier alpha value is -1.52. The topological polar surface area (TPSA) is 20.2 Å². The van der Waals surface area contributed by atoms with Crippen LogP contribution in [0.3, 0.4) is 0 Å². The molecule has 11 heteroatoms. The Balaban J connectivity index is 3.68. The summed E-state index contributed by atoms with van der Waals surface area (Å²) in [7, 11) is 0. The van der Waals surface area contributed by atoms with E-state index in [0.29, 0.717) is 12.1 Å². The van der Waals surface area contributed by atoms with Gasteiger partial charge in [0.25, 0.3) is 5.60 Å². The van der Waals surface area contributed by atoms with E-state index in [0.717, 1.165) is 6.07 Å². The highest BCUT2D eigenvalue weighted by molar-refractivity contribution is 5.29. The number of aliphatic hydroxyl groups is 1. The van der Waals surface area contributed by atoms with Crippen molar-refractivity contribution in [3.05, 3.63) is 35.9 Å². The number of benzene rings is 1. The van der Waals surface area contributed by atoms with Gasteiger partial charge in [0.1, 0.15) is 0 Å². The summed E-state index contributed by atoms with van der Waals surface area (Å²) >= 11 is 0. The van der Waals surface area contributed by atoms with Gasteiger partial charge >= 0.3 is 24.2 Å². The largest absolute Gasteiger partial charge is 0.460 e. The van der Waals surface area contributed by atoms with Crippen LogP contribution in [-0.2, 0) is 5.60 Å². The van der Waals surface area contributed by atoms with Gasteiger partial charge in [0.2, 0.25) is 0 Å². The fourth-order valence-corrected chi connectivity index (χ4v) is 1.61. The predicted molar refractivity (Wildman–Crippen MR) is 52.3 cm³/mol. The van der Waals surface area contributed by atoms with Crippen LogP contribution >= 0.6 is 0 Å². The highest BCUT2D eigenvalue weighted by Crippen LogP contribution is 2.59. The van der Waals surface area contributed by atoms with Crippen LogP contribution < -0.4 is 0 Å². The smallest absolute Gasteiger partial charge is 0.372 e. The van der Waals surface area contributed by atoms with Crippen LogP contribution in [0, 0.1) is 0 Å². The van der Waals surface area contributed by atoms with Gasteiger partial charge in [0.05, 0.1) is 0 Å². The Labute approximate surface area is 116 Å². The van der Waals surface area contributed by atoms with Gasteiger partial charge in [0, 0.05) is 0 Å². The molecule has 0 aliphatic heterocycles. The molecule has 0 aliphatic carbocycles. The van der Waals surface area contributed by atoms with E-state index in [4.69, 9.17) is 0 Å². The Morgan fingerprint density at radius 3 is 1.32 bits per heavy atom. The fourth-order valence-electron chi connectivity index (χ4n) is 1.61. The third kappa shape index (κ3) is 2.40. The van der Waals surface area contributed by atoms with Crippen LogP contribution in [0.4, 0.5) is 43.9 Å². The minimum Gasteiger partial charge on any atom is -0.372 e. The van der Waals surface area contributed by atoms with Crippen molar-refractivity contribution >= 4 is 0 Å². The second-order valence-corrected chi connectivity index (χ2v) is 4.22. The zero-order chi connectivity index (χ0) is 17.6. The van der Waals surface area contributed by atoms with E-state index in [9.17, 15) is 49.0 Å². The van der Waals surface area contributed by atoms with E-state index in [1.807, 2.05) is 0 Å². The Kier molecular flexibility index (Phi) is 4.21. The van der Waals surface area contributed by atoms with Crippen molar-refractivity contribution in [2.75, 3.05) is 0 Å². The molecule has 1 nitrogen and oxygen atoms in total. The monoisotopic (exact) mass is 344 g/mol. The lowest BCUT2D eigenvalue weighted by Gasteiger charge is -2.41. The predicted octanol–water partition coefficient (Wildman–Crippen LogP) is 4.27. The van der Waals surface area contributed by atoms with Gasteiger partial charge in [0.15, 0.2) is 0 Å². The first-order chi connectivity index (χ1) is 9.61. The van der Waals surface area contributed by atoms with E-state index >= 15 is 0 Å². The Morgan fingerprint density at radius 1 is 0.591 bits per heavy atom. The molecule has 0 saturated carbocycles. The minimum atomic E-state index is -7.12. The summed E-state index contributed by atoms with van der Waals surface area (Å²) in [5.74, 6) is -14.0. The van der Waals surface area contributed by atoms with E-state index in [1.54, 1.807) is 0 Å². The molecule has 1 unspecified atom stereocenters. The number of hydrogen-bond acceptors (Lipinski definition) is 1. The normalized spacial score (nSPS) is 17.2. The molecule has 0 amide bonds. The molecule has 0 aromatic heterocycles. The van der Waals surface area contributed by atoms with Crippen molar-refractivity contribution in [2.24, 2.45) is 0 Å². The number of alkyl halides is 10. The van der Waals surface area contributed by atoms with Crippen LogP contribution in [0.15, 0.2) is 30.3 Å².